The summed E-state index contributed by atoms with van der Waals surface area (Å²) < 4.78 is 0. The van der Waals surface area contributed by atoms with Crippen LogP contribution in [0.2, 0.25) is 5.02 Å². The molecule has 0 spiro atoms. The Bertz CT molecular complexity index is 925. The molecule has 0 aromatic heterocycles. The zero-order valence-electron chi connectivity index (χ0n) is 15.3. The van der Waals surface area contributed by atoms with Gasteiger partial charge in [-0.25, -0.2) is 0 Å². The molecule has 3 aromatic carbocycles. The van der Waals surface area contributed by atoms with E-state index in [-0.39, 0.29) is 5.91 Å². The molecule has 4 heteroatoms. The fraction of sp³-hybridized carbons (Fsp3) is 0.174. The predicted octanol–water partition coefficient (Wildman–Crippen LogP) is 6.46. The van der Waals surface area contributed by atoms with Crippen LogP contribution >= 0.6 is 23.2 Å². The van der Waals surface area contributed by atoms with Gasteiger partial charge in [0.1, 0.15) is 0 Å². The third-order valence-electron chi connectivity index (χ3n) is 4.54. The van der Waals surface area contributed by atoms with E-state index < -0.39 is 5.00 Å². The summed E-state index contributed by atoms with van der Waals surface area (Å²) in [5.41, 5.74) is 3.30. The highest BCUT2D eigenvalue weighted by Crippen LogP contribution is 2.48. The van der Waals surface area contributed by atoms with Crippen LogP contribution in [0.25, 0.3) is 0 Å². The molecule has 1 aliphatic heterocycles. The molecule has 1 heterocycles. The van der Waals surface area contributed by atoms with Crippen molar-refractivity contribution in [3.63, 3.8) is 0 Å². The highest BCUT2D eigenvalue weighted by Gasteiger charge is 2.49. The number of fused-ring (bicyclic) bond motifs is 1. The summed E-state index contributed by atoms with van der Waals surface area (Å²) in [5, 5.41) is 0.635. The van der Waals surface area contributed by atoms with Crippen LogP contribution in [0.3, 0.4) is 0 Å². The molecule has 27 heavy (non-hydrogen) atoms. The quantitative estimate of drug-likeness (QED) is 0.366. The first kappa shape index (κ1) is 19.5. The SMILES string of the molecule is CC.O=C1c2ccccc2C(Cl)(c2ccc(Cl)cc2)N1Cc1ccccc1. The molecule has 3 aromatic rings. The largest absolute Gasteiger partial charge is 0.307 e. The number of carbonyl (C=O) groups excluding carboxylic acids is 1. The number of hydrogen-bond donors (Lipinski definition) is 0. The second kappa shape index (κ2) is 8.16. The van der Waals surface area contributed by atoms with Crippen molar-refractivity contribution in [3.8, 4) is 0 Å². The smallest absolute Gasteiger partial charge is 0.256 e. The van der Waals surface area contributed by atoms with E-state index in [4.69, 9.17) is 23.2 Å². The van der Waals surface area contributed by atoms with Crippen molar-refractivity contribution in [2.45, 2.75) is 25.4 Å². The Morgan fingerprint density at radius 2 is 1.44 bits per heavy atom. The van der Waals surface area contributed by atoms with E-state index in [0.717, 1.165) is 16.7 Å². The normalized spacial score (nSPS) is 17.9. The summed E-state index contributed by atoms with van der Waals surface area (Å²) in [7, 11) is 0. The number of nitrogens with zero attached hydrogens (tertiary/aromatic N) is 1. The predicted molar refractivity (Wildman–Crippen MR) is 112 cm³/mol. The molecule has 0 bridgehead atoms. The Morgan fingerprint density at radius 1 is 0.852 bits per heavy atom. The second-order valence-corrected chi connectivity index (χ2v) is 7.03. The average molecular weight is 398 g/mol. The van der Waals surface area contributed by atoms with Crippen LogP contribution in [0.4, 0.5) is 0 Å². The molecule has 0 saturated heterocycles. The van der Waals surface area contributed by atoms with Crippen LogP contribution in [0.5, 0.6) is 0 Å². The highest BCUT2D eigenvalue weighted by molar-refractivity contribution is 6.31. The molecule has 1 atom stereocenters. The summed E-state index contributed by atoms with van der Waals surface area (Å²) in [6.45, 7) is 4.43. The van der Waals surface area contributed by atoms with Gasteiger partial charge in [0.25, 0.3) is 5.91 Å². The van der Waals surface area contributed by atoms with Gasteiger partial charge in [0.2, 0.25) is 0 Å². The minimum absolute atomic E-state index is 0.0654. The standard InChI is InChI=1S/C21H15Cl2NO.C2H6/c22-17-12-10-16(11-13-17)21(23)19-9-5-4-8-18(19)20(25)24(21)14-15-6-2-1-3-7-15;1-2/h1-13H,14H2;1-2H3. The summed E-state index contributed by atoms with van der Waals surface area (Å²) in [6, 6.07) is 24.7. The maximum absolute atomic E-state index is 13.1. The molecule has 1 aliphatic rings. The first-order chi connectivity index (χ1) is 13.1. The molecule has 0 radical (unpaired) electrons. The van der Waals surface area contributed by atoms with E-state index in [2.05, 4.69) is 0 Å². The molecule has 0 N–H and O–H groups in total. The van der Waals surface area contributed by atoms with Gasteiger partial charge in [-0.15, -0.1) is 0 Å². The van der Waals surface area contributed by atoms with Crippen molar-refractivity contribution in [1.29, 1.82) is 0 Å². The number of rotatable bonds is 3. The van der Waals surface area contributed by atoms with Crippen molar-refractivity contribution in [2.75, 3.05) is 0 Å². The van der Waals surface area contributed by atoms with E-state index in [1.54, 1.807) is 17.0 Å². The third-order valence-corrected chi connectivity index (χ3v) is 5.42. The van der Waals surface area contributed by atoms with Crippen molar-refractivity contribution >= 4 is 29.1 Å². The Balaban J connectivity index is 0.00000102. The lowest BCUT2D eigenvalue weighted by Gasteiger charge is -2.34. The van der Waals surface area contributed by atoms with Gasteiger partial charge in [-0.1, -0.05) is 97.7 Å². The molecular weight excluding hydrogens is 377 g/mol. The summed E-state index contributed by atoms with van der Waals surface area (Å²) in [4.78, 5) is 13.7. The topological polar surface area (TPSA) is 20.3 Å². The zero-order chi connectivity index (χ0) is 19.4. The summed E-state index contributed by atoms with van der Waals surface area (Å²) in [6.07, 6.45) is 0. The molecule has 138 valence electrons. The van der Waals surface area contributed by atoms with E-state index >= 15 is 0 Å². The van der Waals surface area contributed by atoms with Gasteiger partial charge in [0.15, 0.2) is 5.00 Å². The fourth-order valence-corrected chi connectivity index (χ4v) is 3.87. The van der Waals surface area contributed by atoms with Crippen molar-refractivity contribution < 1.29 is 4.79 Å². The monoisotopic (exact) mass is 397 g/mol. The fourth-order valence-electron chi connectivity index (χ4n) is 3.32. The minimum atomic E-state index is -1.05. The Hall–Kier alpha value is -2.29. The van der Waals surface area contributed by atoms with Gasteiger partial charge in [-0.3, -0.25) is 4.79 Å². The van der Waals surface area contributed by atoms with Gasteiger partial charge in [-0.05, 0) is 29.3 Å². The lowest BCUT2D eigenvalue weighted by atomic mass is 9.97. The lowest BCUT2D eigenvalue weighted by Crippen LogP contribution is -2.39. The molecule has 2 nitrogen and oxygen atoms in total. The first-order valence-corrected chi connectivity index (χ1v) is 9.76. The number of benzene rings is 3. The van der Waals surface area contributed by atoms with Gasteiger partial charge in [0.05, 0.1) is 0 Å². The average Bonchev–Trinajstić information content (AvgIpc) is 2.94. The molecule has 1 amide bonds. The molecule has 1 unspecified atom stereocenters. The zero-order valence-corrected chi connectivity index (χ0v) is 16.8. The molecule has 0 aliphatic carbocycles. The molecule has 4 rings (SSSR count). The second-order valence-electron chi connectivity index (χ2n) is 6.05. The Morgan fingerprint density at radius 3 is 2.11 bits per heavy atom. The van der Waals surface area contributed by atoms with Crippen LogP contribution in [-0.2, 0) is 11.5 Å². The van der Waals surface area contributed by atoms with Gasteiger partial charge in [0, 0.05) is 22.7 Å². The molecule has 0 fully saturated rings. The van der Waals surface area contributed by atoms with Crippen molar-refractivity contribution in [3.05, 3.63) is 106 Å². The number of amides is 1. The first-order valence-electron chi connectivity index (χ1n) is 9.01. The Kier molecular flexibility index (Phi) is 5.88. The van der Waals surface area contributed by atoms with Crippen LogP contribution in [0, 0.1) is 0 Å². The number of alkyl halides is 1. The van der Waals surface area contributed by atoms with Gasteiger partial charge >= 0.3 is 0 Å². The maximum Gasteiger partial charge on any atom is 0.256 e. The molecule has 0 saturated carbocycles. The minimum Gasteiger partial charge on any atom is -0.307 e. The van der Waals surface area contributed by atoms with E-state index in [1.165, 1.54) is 0 Å². The van der Waals surface area contributed by atoms with Crippen LogP contribution in [0.15, 0.2) is 78.9 Å². The van der Waals surface area contributed by atoms with Crippen LogP contribution < -0.4 is 0 Å². The number of hydrogen-bond acceptors (Lipinski definition) is 1. The van der Waals surface area contributed by atoms with Gasteiger partial charge in [-0.2, -0.15) is 0 Å². The third kappa shape index (κ3) is 3.47. The number of carbonyl (C=O) groups is 1. The van der Waals surface area contributed by atoms with E-state index in [1.807, 2.05) is 80.6 Å². The highest BCUT2D eigenvalue weighted by atomic mass is 35.5. The van der Waals surface area contributed by atoms with E-state index in [9.17, 15) is 4.79 Å². The van der Waals surface area contributed by atoms with Gasteiger partial charge < -0.3 is 4.90 Å². The lowest BCUT2D eigenvalue weighted by molar-refractivity contribution is 0.0702. The number of halogens is 2. The van der Waals surface area contributed by atoms with E-state index in [0.29, 0.717) is 17.1 Å². The van der Waals surface area contributed by atoms with Crippen LogP contribution in [-0.4, -0.2) is 10.8 Å². The Labute approximate surface area is 170 Å². The van der Waals surface area contributed by atoms with Crippen molar-refractivity contribution in [2.24, 2.45) is 0 Å². The van der Waals surface area contributed by atoms with Crippen LogP contribution in [0.1, 0.15) is 40.9 Å². The summed E-state index contributed by atoms with van der Waals surface area (Å²) >= 11 is 13.2. The maximum atomic E-state index is 13.1. The molecular formula is C23H21Cl2NO. The van der Waals surface area contributed by atoms with Crippen molar-refractivity contribution in [1.82, 2.24) is 4.90 Å². The summed E-state index contributed by atoms with van der Waals surface area (Å²) in [5.74, 6) is -0.0654.